The highest BCUT2D eigenvalue weighted by Crippen LogP contribution is 2.12. The van der Waals surface area contributed by atoms with E-state index >= 15 is 0 Å². The van der Waals surface area contributed by atoms with Crippen LogP contribution in [0.2, 0.25) is 0 Å². The molecule has 0 N–H and O–H groups in total. The fourth-order valence-corrected chi connectivity index (χ4v) is 2.37. The third kappa shape index (κ3) is 6.24. The van der Waals surface area contributed by atoms with Crippen LogP contribution in [0.15, 0.2) is 18.2 Å². The first-order chi connectivity index (χ1) is 9.17. The lowest BCUT2D eigenvalue weighted by Gasteiger charge is -2.09. The minimum absolute atomic E-state index is 0.591. The van der Waals surface area contributed by atoms with Crippen LogP contribution >= 0.6 is 0 Å². The van der Waals surface area contributed by atoms with Gasteiger partial charge in [-0.25, -0.2) is 8.78 Å². The number of rotatable bonds is 9. The van der Waals surface area contributed by atoms with Gasteiger partial charge in [0, 0.05) is 20.8 Å². The zero-order valence-electron chi connectivity index (χ0n) is 11.2. The van der Waals surface area contributed by atoms with Crippen molar-refractivity contribution in [2.24, 2.45) is 0 Å². The molecule has 1 radical (unpaired) electrons. The topological polar surface area (TPSA) is 27.7 Å². The van der Waals surface area contributed by atoms with Crippen LogP contribution in [0.5, 0.6) is 0 Å². The van der Waals surface area contributed by atoms with Gasteiger partial charge in [-0.05, 0) is 37.0 Å². The summed E-state index contributed by atoms with van der Waals surface area (Å²) in [6, 6.07) is 4.04. The summed E-state index contributed by atoms with van der Waals surface area (Å²) in [5.74, 6) is -1.58. The summed E-state index contributed by atoms with van der Waals surface area (Å²) in [5, 5.41) is 0. The first kappa shape index (κ1) is 16.2. The molecule has 0 heterocycles. The van der Waals surface area contributed by atoms with E-state index in [9.17, 15) is 8.78 Å². The lowest BCUT2D eigenvalue weighted by Crippen LogP contribution is -2.24. The Balaban J connectivity index is 2.12. The molecule has 1 rings (SSSR count). The number of hydrogen-bond acceptors (Lipinski definition) is 3. The fraction of sp³-hybridized carbons (Fsp3) is 0.538. The van der Waals surface area contributed by atoms with Gasteiger partial charge in [0.2, 0.25) is 0 Å². The normalized spacial score (nSPS) is 11.2. The predicted octanol–water partition coefficient (Wildman–Crippen LogP) is 2.97. The molecule has 1 aromatic carbocycles. The molecule has 0 aliphatic heterocycles. The van der Waals surface area contributed by atoms with E-state index in [4.69, 9.17) is 13.3 Å². The molecule has 0 saturated heterocycles. The van der Waals surface area contributed by atoms with Crippen LogP contribution in [0.1, 0.15) is 24.8 Å². The van der Waals surface area contributed by atoms with Crippen molar-refractivity contribution in [1.29, 1.82) is 0 Å². The third-order valence-electron chi connectivity index (χ3n) is 2.65. The van der Waals surface area contributed by atoms with Gasteiger partial charge in [-0.2, -0.15) is 0 Å². The van der Waals surface area contributed by atoms with E-state index in [2.05, 4.69) is 0 Å². The van der Waals surface area contributed by atoms with Gasteiger partial charge in [0.05, 0.1) is 0 Å². The largest absolute Gasteiger partial charge is 0.577 e. The maximum absolute atomic E-state index is 13.0. The fourth-order valence-electron chi connectivity index (χ4n) is 1.66. The van der Waals surface area contributed by atoms with Crippen molar-refractivity contribution < 1.29 is 22.1 Å². The van der Waals surface area contributed by atoms with E-state index in [-0.39, 0.29) is 0 Å². The molecule has 6 heteroatoms. The summed E-state index contributed by atoms with van der Waals surface area (Å²) in [6.45, 7) is 0.591. The van der Waals surface area contributed by atoms with E-state index in [1.807, 2.05) is 0 Å². The Morgan fingerprint density at radius 2 is 1.74 bits per heavy atom. The molecule has 0 aliphatic rings. The Kier molecular flexibility index (Phi) is 7.81. The highest BCUT2D eigenvalue weighted by Gasteiger charge is 2.13. The van der Waals surface area contributed by atoms with E-state index in [0.29, 0.717) is 6.61 Å². The van der Waals surface area contributed by atoms with Gasteiger partial charge in [0.15, 0.2) is 11.6 Å². The summed E-state index contributed by atoms with van der Waals surface area (Å²) in [5.41, 5.74) is 0.818. The molecular formula is C13H19F2O3Si. The summed E-state index contributed by atoms with van der Waals surface area (Å²) >= 11 is 0. The molecule has 1 aromatic rings. The van der Waals surface area contributed by atoms with Crippen LogP contribution < -0.4 is 0 Å². The second-order valence-corrected chi connectivity index (χ2v) is 5.67. The van der Waals surface area contributed by atoms with Crippen LogP contribution in [-0.2, 0) is 19.7 Å². The van der Waals surface area contributed by atoms with E-state index in [1.54, 1.807) is 20.3 Å². The van der Waals surface area contributed by atoms with E-state index in [0.717, 1.165) is 31.2 Å². The van der Waals surface area contributed by atoms with Crippen molar-refractivity contribution in [2.45, 2.75) is 25.7 Å². The van der Waals surface area contributed by atoms with Crippen LogP contribution in [0.25, 0.3) is 0 Å². The van der Waals surface area contributed by atoms with Crippen molar-refractivity contribution in [3.63, 3.8) is 0 Å². The van der Waals surface area contributed by atoms with Gasteiger partial charge in [-0.15, -0.1) is 0 Å². The van der Waals surface area contributed by atoms with Crippen molar-refractivity contribution >= 4 is 9.53 Å². The standard InChI is InChI=1S/C13H19F2O3Si/c1-16-19(17-2)18-9-5-3-4-6-11-7-8-12(14)13(15)10-11/h7-8,10H,3-6,9H2,1-2H3. The SMILES string of the molecule is CO[Si](OC)OCCCCCc1ccc(F)c(F)c1. The zero-order chi connectivity index (χ0) is 14.1. The Morgan fingerprint density at radius 1 is 1.00 bits per heavy atom. The van der Waals surface area contributed by atoms with Gasteiger partial charge in [0.25, 0.3) is 0 Å². The van der Waals surface area contributed by atoms with Crippen molar-refractivity contribution in [3.8, 4) is 0 Å². The number of unbranched alkanes of at least 4 members (excludes halogenated alkanes) is 2. The number of halogens is 2. The van der Waals surface area contributed by atoms with Gasteiger partial charge < -0.3 is 13.3 Å². The second-order valence-electron chi connectivity index (χ2n) is 4.07. The number of benzene rings is 1. The van der Waals surface area contributed by atoms with Crippen molar-refractivity contribution in [1.82, 2.24) is 0 Å². The number of aryl methyl sites for hydroxylation is 1. The Bertz CT molecular complexity index is 373. The molecule has 107 valence electrons. The van der Waals surface area contributed by atoms with E-state index < -0.39 is 21.2 Å². The molecule has 0 amide bonds. The van der Waals surface area contributed by atoms with Crippen LogP contribution in [0.3, 0.4) is 0 Å². The maximum atomic E-state index is 13.0. The molecule has 0 aliphatic carbocycles. The molecular weight excluding hydrogens is 270 g/mol. The molecule has 0 bridgehead atoms. The van der Waals surface area contributed by atoms with Gasteiger partial charge >= 0.3 is 9.53 Å². The predicted molar refractivity (Wildman–Crippen MR) is 69.6 cm³/mol. The van der Waals surface area contributed by atoms with Crippen molar-refractivity contribution in [3.05, 3.63) is 35.4 Å². The monoisotopic (exact) mass is 289 g/mol. The second kappa shape index (κ2) is 9.14. The van der Waals surface area contributed by atoms with Gasteiger partial charge in [-0.1, -0.05) is 12.5 Å². The molecule has 0 spiro atoms. The Hall–Kier alpha value is -0.823. The Labute approximate surface area is 114 Å². The quantitative estimate of drug-likeness (QED) is 0.517. The average molecular weight is 289 g/mol. The highest BCUT2D eigenvalue weighted by molar-refractivity contribution is 6.36. The summed E-state index contributed by atoms with van der Waals surface area (Å²) in [6.07, 6.45) is 3.51. The summed E-state index contributed by atoms with van der Waals surface area (Å²) in [7, 11) is 1.55. The minimum atomic E-state index is -1.56. The average Bonchev–Trinajstić information content (AvgIpc) is 2.42. The molecule has 0 fully saturated rings. The van der Waals surface area contributed by atoms with Crippen LogP contribution in [0.4, 0.5) is 8.78 Å². The Morgan fingerprint density at radius 3 is 2.37 bits per heavy atom. The summed E-state index contributed by atoms with van der Waals surface area (Å²) < 4.78 is 41.0. The molecule has 0 atom stereocenters. The van der Waals surface area contributed by atoms with Gasteiger partial charge in [-0.3, -0.25) is 0 Å². The lowest BCUT2D eigenvalue weighted by molar-refractivity contribution is 0.133. The van der Waals surface area contributed by atoms with Gasteiger partial charge in [0.1, 0.15) is 0 Å². The van der Waals surface area contributed by atoms with E-state index in [1.165, 1.54) is 12.1 Å². The van der Waals surface area contributed by atoms with Crippen LogP contribution in [0, 0.1) is 11.6 Å². The molecule has 0 saturated carbocycles. The third-order valence-corrected chi connectivity index (χ3v) is 3.75. The molecule has 0 aromatic heterocycles. The van der Waals surface area contributed by atoms with Crippen molar-refractivity contribution in [2.75, 3.05) is 20.8 Å². The minimum Gasteiger partial charge on any atom is -0.375 e. The highest BCUT2D eigenvalue weighted by atomic mass is 28.3. The first-order valence-corrected chi connectivity index (χ1v) is 7.41. The molecule has 3 nitrogen and oxygen atoms in total. The summed E-state index contributed by atoms with van der Waals surface area (Å²) in [4.78, 5) is 0. The zero-order valence-corrected chi connectivity index (χ0v) is 12.2. The number of hydrogen-bond donors (Lipinski definition) is 0. The van der Waals surface area contributed by atoms with Crippen LogP contribution in [-0.4, -0.2) is 30.4 Å². The molecule has 19 heavy (non-hydrogen) atoms. The molecule has 0 unspecified atom stereocenters. The maximum Gasteiger partial charge on any atom is 0.577 e. The lowest BCUT2D eigenvalue weighted by atomic mass is 10.1. The first-order valence-electron chi connectivity index (χ1n) is 6.19. The smallest absolute Gasteiger partial charge is 0.375 e.